The molecule has 0 radical (unpaired) electrons. The first-order valence-electron chi connectivity index (χ1n) is 6.19. The highest BCUT2D eigenvalue weighted by Gasteiger charge is 2.10. The van der Waals surface area contributed by atoms with E-state index in [4.69, 9.17) is 0 Å². The van der Waals surface area contributed by atoms with Crippen LogP contribution in [0.25, 0.3) is 10.7 Å². The molecule has 0 bridgehead atoms. The molecule has 96 valence electrons. The van der Waals surface area contributed by atoms with E-state index in [1.807, 2.05) is 6.07 Å². The maximum atomic E-state index is 4.61. The summed E-state index contributed by atoms with van der Waals surface area (Å²) in [5, 5.41) is 5.47. The minimum absolute atomic E-state index is 0.473. The molecule has 0 fully saturated rings. The van der Waals surface area contributed by atoms with Gasteiger partial charge in [-0.3, -0.25) is 0 Å². The van der Waals surface area contributed by atoms with Crippen LogP contribution in [-0.2, 0) is 6.54 Å². The van der Waals surface area contributed by atoms with Gasteiger partial charge in [-0.05, 0) is 25.3 Å². The van der Waals surface area contributed by atoms with Gasteiger partial charge in [-0.1, -0.05) is 19.9 Å². The summed E-state index contributed by atoms with van der Waals surface area (Å²) in [7, 11) is 0. The van der Waals surface area contributed by atoms with Crippen molar-refractivity contribution < 1.29 is 0 Å². The van der Waals surface area contributed by atoms with Gasteiger partial charge in [0, 0.05) is 29.5 Å². The van der Waals surface area contributed by atoms with Crippen LogP contribution in [0.1, 0.15) is 30.8 Å². The fourth-order valence-corrected chi connectivity index (χ4v) is 2.48. The largest absolute Gasteiger partial charge is 0.310 e. The van der Waals surface area contributed by atoms with Crippen LogP contribution in [0.15, 0.2) is 17.5 Å². The lowest BCUT2D eigenvalue weighted by atomic mass is 10.1. The molecule has 0 aromatic carbocycles. The monoisotopic (exact) mass is 261 g/mol. The number of aromatic nitrogens is 2. The van der Waals surface area contributed by atoms with Crippen LogP contribution in [0, 0.1) is 13.8 Å². The number of hydrogen-bond acceptors (Lipinski definition) is 4. The molecule has 18 heavy (non-hydrogen) atoms. The molecule has 0 saturated carbocycles. The lowest BCUT2D eigenvalue weighted by Crippen LogP contribution is -2.23. The maximum Gasteiger partial charge on any atom is 0.169 e. The Bertz CT molecular complexity index is 495. The third-order valence-electron chi connectivity index (χ3n) is 2.85. The average molecular weight is 261 g/mol. The zero-order valence-electron chi connectivity index (χ0n) is 11.3. The first-order chi connectivity index (χ1) is 8.58. The average Bonchev–Trinajstić information content (AvgIpc) is 2.80. The molecule has 0 aliphatic heterocycles. The van der Waals surface area contributed by atoms with E-state index >= 15 is 0 Å². The Kier molecular flexibility index (Phi) is 4.09. The Morgan fingerprint density at radius 3 is 2.39 bits per heavy atom. The van der Waals surface area contributed by atoms with Gasteiger partial charge in [-0.25, -0.2) is 9.97 Å². The van der Waals surface area contributed by atoms with Crippen LogP contribution in [0.4, 0.5) is 0 Å². The van der Waals surface area contributed by atoms with Gasteiger partial charge in [-0.2, -0.15) is 0 Å². The molecular weight excluding hydrogens is 242 g/mol. The van der Waals surface area contributed by atoms with Gasteiger partial charge in [-0.15, -0.1) is 11.3 Å². The molecule has 0 atom stereocenters. The van der Waals surface area contributed by atoms with E-state index in [1.165, 1.54) is 5.56 Å². The SMILES string of the molecule is Cc1nc(-c2cccs2)nc(C)c1CNC(C)C. The molecule has 2 rings (SSSR count). The second-order valence-corrected chi connectivity index (χ2v) is 5.66. The summed E-state index contributed by atoms with van der Waals surface area (Å²) in [5.74, 6) is 0.841. The van der Waals surface area contributed by atoms with Crippen molar-refractivity contribution >= 4 is 11.3 Å². The predicted octanol–water partition coefficient (Wildman–Crippen LogP) is 3.32. The van der Waals surface area contributed by atoms with E-state index in [0.717, 1.165) is 28.6 Å². The summed E-state index contributed by atoms with van der Waals surface area (Å²) in [6, 6.07) is 4.56. The van der Waals surface area contributed by atoms with Gasteiger partial charge in [0.05, 0.1) is 4.88 Å². The Morgan fingerprint density at radius 1 is 1.22 bits per heavy atom. The highest BCUT2D eigenvalue weighted by atomic mass is 32.1. The lowest BCUT2D eigenvalue weighted by molar-refractivity contribution is 0.583. The minimum atomic E-state index is 0.473. The quantitative estimate of drug-likeness (QED) is 0.917. The topological polar surface area (TPSA) is 37.8 Å². The molecule has 0 saturated heterocycles. The van der Waals surface area contributed by atoms with Gasteiger partial charge in [0.15, 0.2) is 5.82 Å². The zero-order chi connectivity index (χ0) is 13.1. The Labute approximate surface area is 112 Å². The van der Waals surface area contributed by atoms with Gasteiger partial charge >= 0.3 is 0 Å². The third kappa shape index (κ3) is 2.94. The number of nitrogens with zero attached hydrogens (tertiary/aromatic N) is 2. The summed E-state index contributed by atoms with van der Waals surface area (Å²) >= 11 is 1.68. The number of aryl methyl sites for hydroxylation is 2. The van der Waals surface area contributed by atoms with Gasteiger partial charge < -0.3 is 5.32 Å². The molecule has 0 aliphatic carbocycles. The standard InChI is InChI=1S/C14H19N3S/c1-9(2)15-8-12-10(3)16-14(17-11(12)4)13-6-5-7-18-13/h5-7,9,15H,8H2,1-4H3. The summed E-state index contributed by atoms with van der Waals surface area (Å²) in [4.78, 5) is 10.4. The Balaban J connectivity index is 2.29. The van der Waals surface area contributed by atoms with E-state index in [2.05, 4.69) is 54.4 Å². The van der Waals surface area contributed by atoms with Gasteiger partial charge in [0.25, 0.3) is 0 Å². The fourth-order valence-electron chi connectivity index (χ4n) is 1.82. The summed E-state index contributed by atoms with van der Waals surface area (Å²) in [6.07, 6.45) is 0. The highest BCUT2D eigenvalue weighted by molar-refractivity contribution is 7.13. The molecule has 0 amide bonds. The number of hydrogen-bond donors (Lipinski definition) is 1. The van der Waals surface area contributed by atoms with Crippen LogP contribution >= 0.6 is 11.3 Å². The molecule has 4 heteroatoms. The van der Waals surface area contributed by atoms with E-state index < -0.39 is 0 Å². The van der Waals surface area contributed by atoms with Crippen molar-refractivity contribution in [2.24, 2.45) is 0 Å². The van der Waals surface area contributed by atoms with Crippen molar-refractivity contribution in [1.29, 1.82) is 0 Å². The number of thiophene rings is 1. The van der Waals surface area contributed by atoms with E-state index in [0.29, 0.717) is 6.04 Å². The highest BCUT2D eigenvalue weighted by Crippen LogP contribution is 2.23. The number of rotatable bonds is 4. The minimum Gasteiger partial charge on any atom is -0.310 e. The Morgan fingerprint density at radius 2 is 1.89 bits per heavy atom. The van der Waals surface area contributed by atoms with Crippen molar-refractivity contribution in [2.45, 2.75) is 40.3 Å². The van der Waals surface area contributed by atoms with Crippen molar-refractivity contribution in [2.75, 3.05) is 0 Å². The van der Waals surface area contributed by atoms with E-state index in [1.54, 1.807) is 11.3 Å². The van der Waals surface area contributed by atoms with Crippen LogP contribution in [0.2, 0.25) is 0 Å². The van der Waals surface area contributed by atoms with Crippen LogP contribution in [0.5, 0.6) is 0 Å². The maximum absolute atomic E-state index is 4.61. The molecule has 0 spiro atoms. The van der Waals surface area contributed by atoms with Crippen LogP contribution < -0.4 is 5.32 Å². The molecule has 2 aromatic heterocycles. The van der Waals surface area contributed by atoms with Crippen molar-refractivity contribution in [1.82, 2.24) is 15.3 Å². The first-order valence-corrected chi connectivity index (χ1v) is 7.07. The summed E-state index contributed by atoms with van der Waals surface area (Å²) in [6.45, 7) is 9.24. The second kappa shape index (κ2) is 5.59. The summed E-state index contributed by atoms with van der Waals surface area (Å²) < 4.78 is 0. The van der Waals surface area contributed by atoms with E-state index in [9.17, 15) is 0 Å². The third-order valence-corrected chi connectivity index (χ3v) is 3.72. The Hall–Kier alpha value is -1.26. The lowest BCUT2D eigenvalue weighted by Gasteiger charge is -2.13. The smallest absolute Gasteiger partial charge is 0.169 e. The van der Waals surface area contributed by atoms with Crippen LogP contribution in [-0.4, -0.2) is 16.0 Å². The van der Waals surface area contributed by atoms with Crippen LogP contribution in [0.3, 0.4) is 0 Å². The fraction of sp³-hybridized carbons (Fsp3) is 0.429. The van der Waals surface area contributed by atoms with Gasteiger partial charge in [0.2, 0.25) is 0 Å². The van der Waals surface area contributed by atoms with E-state index in [-0.39, 0.29) is 0 Å². The van der Waals surface area contributed by atoms with Gasteiger partial charge in [0.1, 0.15) is 0 Å². The summed E-state index contributed by atoms with van der Waals surface area (Å²) in [5.41, 5.74) is 3.35. The molecule has 0 aliphatic rings. The molecule has 0 unspecified atom stereocenters. The zero-order valence-corrected chi connectivity index (χ0v) is 12.1. The predicted molar refractivity (Wildman–Crippen MR) is 76.8 cm³/mol. The first kappa shape index (κ1) is 13.2. The normalized spacial score (nSPS) is 11.2. The molecular formula is C14H19N3S. The van der Waals surface area contributed by atoms with Crippen molar-refractivity contribution in [3.8, 4) is 10.7 Å². The van der Waals surface area contributed by atoms with Crippen molar-refractivity contribution in [3.05, 3.63) is 34.5 Å². The van der Waals surface area contributed by atoms with Crippen molar-refractivity contribution in [3.63, 3.8) is 0 Å². The molecule has 2 aromatic rings. The second-order valence-electron chi connectivity index (χ2n) is 4.71. The molecule has 3 nitrogen and oxygen atoms in total. The number of nitrogens with one attached hydrogen (secondary N) is 1. The molecule has 1 N–H and O–H groups in total. The molecule has 2 heterocycles.